The predicted octanol–water partition coefficient (Wildman–Crippen LogP) is 11.3. The van der Waals surface area contributed by atoms with Gasteiger partial charge in [-0.25, -0.2) is 0 Å². The molecule has 0 saturated carbocycles. The van der Waals surface area contributed by atoms with Crippen LogP contribution in [0, 0.1) is 7.14 Å². The van der Waals surface area contributed by atoms with Crippen LogP contribution >= 0.6 is 70.0 Å². The number of rotatable bonds is 4. The van der Waals surface area contributed by atoms with Crippen molar-refractivity contribution in [3.63, 3.8) is 0 Å². The molecule has 2 aliphatic carbocycles. The molecule has 0 spiro atoms. The van der Waals surface area contributed by atoms with Gasteiger partial charge in [0.25, 0.3) is 0 Å². The SMILES string of the molecule is CC(C)(C)c1ccc2c(c1)Cc1c-2ccc(C(C)(C)C)[c]1[Zr]([C]1=CC=CC1)=[C](c1ccc(I)cc1)c1ccc(I)cc1.Cl.Cl. The molecule has 0 unspecified atom stereocenters. The predicted molar refractivity (Wildman–Crippen MR) is 210 cm³/mol. The summed E-state index contributed by atoms with van der Waals surface area (Å²) in [5.41, 5.74) is 11.9. The molecule has 0 amide bonds. The van der Waals surface area contributed by atoms with Gasteiger partial charge in [-0.05, 0) is 0 Å². The van der Waals surface area contributed by atoms with Gasteiger partial charge < -0.3 is 0 Å². The number of halogens is 4. The van der Waals surface area contributed by atoms with Crippen LogP contribution in [-0.2, 0) is 38.5 Å². The van der Waals surface area contributed by atoms with Crippen LogP contribution in [0.15, 0.2) is 100 Å². The normalized spacial score (nSPS) is 13.4. The van der Waals surface area contributed by atoms with E-state index in [1.807, 2.05) is 0 Å². The van der Waals surface area contributed by atoms with Gasteiger partial charge in [0.2, 0.25) is 0 Å². The molecule has 228 valence electrons. The van der Waals surface area contributed by atoms with Crippen molar-refractivity contribution >= 4 is 76.5 Å². The number of allylic oxidation sites excluding steroid dienone is 4. The summed E-state index contributed by atoms with van der Waals surface area (Å²) in [6.45, 7) is 14.2. The summed E-state index contributed by atoms with van der Waals surface area (Å²) in [7, 11) is 0. The molecule has 0 aliphatic heterocycles. The molecule has 0 atom stereocenters. The van der Waals surface area contributed by atoms with Crippen molar-refractivity contribution in [2.24, 2.45) is 0 Å². The molecular formula is C39H40Cl2I2Zr. The Bertz CT molecular complexity index is 1740. The Balaban J connectivity index is 0.00000221. The van der Waals surface area contributed by atoms with E-state index in [1.54, 1.807) is 20.9 Å². The summed E-state index contributed by atoms with van der Waals surface area (Å²) in [5.74, 6) is 0. The van der Waals surface area contributed by atoms with E-state index in [4.69, 9.17) is 0 Å². The molecule has 6 rings (SSSR count). The van der Waals surface area contributed by atoms with Crippen molar-refractivity contribution in [2.45, 2.75) is 65.2 Å². The van der Waals surface area contributed by atoms with Crippen molar-refractivity contribution in [3.8, 4) is 11.1 Å². The van der Waals surface area contributed by atoms with E-state index < -0.39 is 21.3 Å². The molecule has 0 N–H and O–H groups in total. The van der Waals surface area contributed by atoms with Gasteiger partial charge in [0.1, 0.15) is 0 Å². The van der Waals surface area contributed by atoms with Crippen molar-refractivity contribution < 1.29 is 21.3 Å². The average Bonchev–Trinajstić information content (AvgIpc) is 3.59. The van der Waals surface area contributed by atoms with Gasteiger partial charge in [-0.3, -0.25) is 0 Å². The van der Waals surface area contributed by atoms with E-state index in [9.17, 15) is 0 Å². The van der Waals surface area contributed by atoms with Gasteiger partial charge in [0.05, 0.1) is 0 Å². The molecule has 0 aromatic heterocycles. The topological polar surface area (TPSA) is 0 Å². The summed E-state index contributed by atoms with van der Waals surface area (Å²) in [4.78, 5) is 0. The molecule has 0 heterocycles. The smallest absolute Gasteiger partial charge is 0.147 e. The van der Waals surface area contributed by atoms with E-state index in [2.05, 4.69) is 184 Å². The summed E-state index contributed by atoms with van der Waals surface area (Å²) >= 11 is 2.13. The zero-order valence-corrected chi connectivity index (χ0v) is 34.6. The second-order valence-electron chi connectivity index (χ2n) is 13.7. The first-order valence-corrected chi connectivity index (χ1v) is 20.7. The van der Waals surface area contributed by atoms with E-state index in [0.717, 1.165) is 12.8 Å². The van der Waals surface area contributed by atoms with Gasteiger partial charge in [-0.15, -0.1) is 24.8 Å². The molecule has 44 heavy (non-hydrogen) atoms. The molecule has 2 aliphatic rings. The summed E-state index contributed by atoms with van der Waals surface area (Å²) in [5, 5.41) is 0. The standard InChI is InChI=1S/C21H25.C13H8I2.C5H5.2ClH.Zr/c1-20(2,3)16-7-9-18-14(12-16)11-15-13-17(21(4,5)6)8-10-19(15)18;14-12-5-1-10(2-6-12)9-11-3-7-13(15)8-4-11;1-2-4-5-3-1;;;/h7-10,12H,11H2,1-6H3;1-8H;1-3H,4H2;2*1H;. The van der Waals surface area contributed by atoms with Crippen LogP contribution < -0.4 is 3.27 Å². The van der Waals surface area contributed by atoms with E-state index in [0.29, 0.717) is 0 Å². The van der Waals surface area contributed by atoms with Crippen LogP contribution in [-0.4, -0.2) is 3.21 Å². The zero-order chi connectivity index (χ0) is 29.8. The maximum Gasteiger partial charge on any atom is -0.147 e. The number of fused-ring (bicyclic) bond motifs is 3. The fourth-order valence-corrected chi connectivity index (χ4v) is 16.1. The first-order chi connectivity index (χ1) is 19.9. The second kappa shape index (κ2) is 14.1. The molecule has 0 saturated heterocycles. The van der Waals surface area contributed by atoms with Crippen molar-refractivity contribution in [1.82, 2.24) is 0 Å². The summed E-state index contributed by atoms with van der Waals surface area (Å²) < 4.78 is 7.55. The quantitative estimate of drug-likeness (QED) is 0.158. The average molecular weight is 925 g/mol. The maximum absolute atomic E-state index is 2.75. The minimum absolute atomic E-state index is 0. The molecule has 4 aromatic carbocycles. The minimum Gasteiger partial charge on any atom is -0.147 e. The molecule has 0 nitrogen and oxygen atoms in total. The number of hydrogen-bond acceptors (Lipinski definition) is 0. The molecule has 0 radical (unpaired) electrons. The Kier molecular flexibility index (Phi) is 11.5. The van der Waals surface area contributed by atoms with E-state index >= 15 is 0 Å². The van der Waals surface area contributed by atoms with Crippen LogP contribution in [0.2, 0.25) is 0 Å². The molecule has 4 aromatic rings. The maximum atomic E-state index is 2.50. The first kappa shape index (κ1) is 36.0. The van der Waals surface area contributed by atoms with Crippen LogP contribution in [0.3, 0.4) is 0 Å². The van der Waals surface area contributed by atoms with E-state index in [-0.39, 0.29) is 35.6 Å². The van der Waals surface area contributed by atoms with E-state index in [1.165, 1.54) is 40.5 Å². The van der Waals surface area contributed by atoms with Crippen LogP contribution in [0.4, 0.5) is 0 Å². The van der Waals surface area contributed by atoms with Crippen LogP contribution in [0.5, 0.6) is 0 Å². The molecule has 5 heteroatoms. The third kappa shape index (κ3) is 7.18. The second-order valence-corrected chi connectivity index (χ2v) is 22.0. The largest absolute Gasteiger partial charge is 0.147 e. The van der Waals surface area contributed by atoms with Crippen LogP contribution in [0.25, 0.3) is 11.1 Å². The van der Waals surface area contributed by atoms with Gasteiger partial charge >= 0.3 is 290 Å². The number of benzene rings is 4. The van der Waals surface area contributed by atoms with Gasteiger partial charge in [0, 0.05) is 0 Å². The summed E-state index contributed by atoms with van der Waals surface area (Å²) in [6.07, 6.45) is 9.26. The van der Waals surface area contributed by atoms with Gasteiger partial charge in [-0.2, -0.15) is 0 Å². The fraction of sp³-hybridized carbons (Fsp3) is 0.256. The minimum atomic E-state index is -2.75. The Hall–Kier alpha value is -0.847. The van der Waals surface area contributed by atoms with Crippen LogP contribution in [0.1, 0.15) is 81.3 Å². The van der Waals surface area contributed by atoms with Crippen molar-refractivity contribution in [3.05, 3.63) is 141 Å². The fourth-order valence-electron chi connectivity index (χ4n) is 6.42. The Morgan fingerprint density at radius 3 is 1.75 bits per heavy atom. The third-order valence-corrected chi connectivity index (χ3v) is 17.8. The number of hydrogen-bond donors (Lipinski definition) is 0. The first-order valence-electron chi connectivity index (χ1n) is 14.8. The third-order valence-electron chi connectivity index (χ3n) is 8.61. The van der Waals surface area contributed by atoms with Crippen molar-refractivity contribution in [1.29, 1.82) is 0 Å². The monoisotopic (exact) mass is 922 g/mol. The molecule has 0 bridgehead atoms. The zero-order valence-electron chi connectivity index (χ0n) is 26.2. The molecule has 0 fully saturated rings. The van der Waals surface area contributed by atoms with Crippen molar-refractivity contribution in [2.75, 3.05) is 0 Å². The molecular weight excluding hydrogens is 884 g/mol. The Labute approximate surface area is 311 Å². The van der Waals surface area contributed by atoms with Gasteiger partial charge in [0.15, 0.2) is 0 Å². The summed E-state index contributed by atoms with van der Waals surface area (Å²) in [6, 6.07) is 30.9. The Morgan fingerprint density at radius 1 is 0.682 bits per heavy atom. The Morgan fingerprint density at radius 2 is 1.25 bits per heavy atom. The van der Waals surface area contributed by atoms with Gasteiger partial charge in [-0.1, -0.05) is 0 Å².